The lowest BCUT2D eigenvalue weighted by Gasteiger charge is -2.21. The van der Waals surface area contributed by atoms with Gasteiger partial charge in [-0.1, -0.05) is 47.2 Å². The second kappa shape index (κ2) is 6.07. The summed E-state index contributed by atoms with van der Waals surface area (Å²) in [4.78, 5) is 0.310. The summed E-state index contributed by atoms with van der Waals surface area (Å²) in [6.45, 7) is 4.55. The van der Waals surface area contributed by atoms with Gasteiger partial charge in [0.2, 0.25) is 10.0 Å². The van der Waals surface area contributed by atoms with Crippen LogP contribution in [0.15, 0.2) is 29.2 Å². The van der Waals surface area contributed by atoms with Crippen LogP contribution in [0.5, 0.6) is 0 Å². The minimum atomic E-state index is -3.47. The zero-order valence-corrected chi connectivity index (χ0v) is 13.9. The van der Waals surface area contributed by atoms with Gasteiger partial charge in [0, 0.05) is 4.43 Å². The predicted molar refractivity (Wildman–Crippen MR) is 83.1 cm³/mol. The smallest absolute Gasteiger partial charge is 0.240 e. The van der Waals surface area contributed by atoms with Crippen molar-refractivity contribution in [3.63, 3.8) is 0 Å². The Bertz CT molecular complexity index is 529. The molecule has 19 heavy (non-hydrogen) atoms. The molecule has 0 bridgehead atoms. The lowest BCUT2D eigenvalue weighted by Crippen LogP contribution is -2.44. The number of halogens is 1. The van der Waals surface area contributed by atoms with Crippen molar-refractivity contribution in [3.8, 4) is 0 Å². The Balaban J connectivity index is 2.19. The molecule has 1 N–H and O–H groups in total. The highest BCUT2D eigenvalue weighted by molar-refractivity contribution is 14.1. The van der Waals surface area contributed by atoms with Gasteiger partial charge in [0.05, 0.1) is 23.6 Å². The third-order valence-electron chi connectivity index (χ3n) is 3.36. The van der Waals surface area contributed by atoms with Crippen molar-refractivity contribution >= 4 is 32.6 Å². The molecule has 0 spiro atoms. The molecule has 1 saturated heterocycles. The number of aryl methyl sites for hydroxylation is 1. The molecule has 3 atom stereocenters. The molecule has 6 heteroatoms. The van der Waals surface area contributed by atoms with Crippen LogP contribution in [0.4, 0.5) is 0 Å². The van der Waals surface area contributed by atoms with Gasteiger partial charge in [0.15, 0.2) is 0 Å². The summed E-state index contributed by atoms with van der Waals surface area (Å²) in [5.74, 6) is 0.194. The SMILES string of the molecule is Cc1ccc(S(=O)(=O)N[C@H]2[C@H](C)CO[C@H]2CI)cc1. The van der Waals surface area contributed by atoms with Gasteiger partial charge in [-0.15, -0.1) is 0 Å². The molecule has 106 valence electrons. The summed E-state index contributed by atoms with van der Waals surface area (Å²) in [5, 5.41) is 0. The highest BCUT2D eigenvalue weighted by Gasteiger charge is 2.36. The van der Waals surface area contributed by atoms with Crippen LogP contribution in [-0.2, 0) is 14.8 Å². The zero-order chi connectivity index (χ0) is 14.0. The van der Waals surface area contributed by atoms with E-state index >= 15 is 0 Å². The third-order valence-corrected chi connectivity index (χ3v) is 5.70. The maximum atomic E-state index is 12.3. The molecule has 1 aromatic carbocycles. The molecule has 0 radical (unpaired) electrons. The van der Waals surface area contributed by atoms with E-state index in [2.05, 4.69) is 27.3 Å². The Kier molecular flexibility index (Phi) is 4.86. The van der Waals surface area contributed by atoms with Crippen LogP contribution in [0.1, 0.15) is 12.5 Å². The molecule has 1 heterocycles. The van der Waals surface area contributed by atoms with Gasteiger partial charge < -0.3 is 4.74 Å². The number of rotatable bonds is 4. The highest BCUT2D eigenvalue weighted by atomic mass is 127. The summed E-state index contributed by atoms with van der Waals surface area (Å²) in [6, 6.07) is 6.73. The van der Waals surface area contributed by atoms with Crippen molar-refractivity contribution < 1.29 is 13.2 Å². The Labute approximate surface area is 128 Å². The first-order valence-electron chi connectivity index (χ1n) is 6.20. The number of hydrogen-bond acceptors (Lipinski definition) is 3. The Hall–Kier alpha value is -0.180. The fraction of sp³-hybridized carbons (Fsp3) is 0.538. The van der Waals surface area contributed by atoms with Crippen LogP contribution in [0.2, 0.25) is 0 Å². The minimum Gasteiger partial charge on any atom is -0.375 e. The largest absolute Gasteiger partial charge is 0.375 e. The number of ether oxygens (including phenoxy) is 1. The van der Waals surface area contributed by atoms with E-state index in [1.54, 1.807) is 24.3 Å². The third kappa shape index (κ3) is 3.48. The molecule has 1 aliphatic heterocycles. The topological polar surface area (TPSA) is 55.4 Å². The molecular weight excluding hydrogens is 377 g/mol. The average molecular weight is 395 g/mol. The van der Waals surface area contributed by atoms with E-state index in [4.69, 9.17) is 4.74 Å². The van der Waals surface area contributed by atoms with E-state index in [9.17, 15) is 8.42 Å². The monoisotopic (exact) mass is 395 g/mol. The second-order valence-electron chi connectivity index (χ2n) is 4.96. The van der Waals surface area contributed by atoms with E-state index in [-0.39, 0.29) is 18.1 Å². The van der Waals surface area contributed by atoms with Crippen molar-refractivity contribution in [2.45, 2.75) is 30.9 Å². The zero-order valence-electron chi connectivity index (χ0n) is 11.0. The van der Waals surface area contributed by atoms with Crippen LogP contribution in [0.25, 0.3) is 0 Å². The van der Waals surface area contributed by atoms with Crippen molar-refractivity contribution in [3.05, 3.63) is 29.8 Å². The highest BCUT2D eigenvalue weighted by Crippen LogP contribution is 2.23. The first-order valence-corrected chi connectivity index (χ1v) is 9.21. The van der Waals surface area contributed by atoms with E-state index in [0.29, 0.717) is 11.5 Å². The lowest BCUT2D eigenvalue weighted by molar-refractivity contribution is 0.120. The molecule has 1 aliphatic rings. The summed E-state index contributed by atoms with van der Waals surface area (Å²) in [7, 11) is -3.47. The molecule has 0 saturated carbocycles. The molecule has 1 fully saturated rings. The fourth-order valence-electron chi connectivity index (χ4n) is 2.15. The van der Waals surface area contributed by atoms with Crippen molar-refractivity contribution in [1.29, 1.82) is 0 Å². The summed E-state index contributed by atoms with van der Waals surface area (Å²) in [6.07, 6.45) is -0.0455. The Morgan fingerprint density at radius 3 is 2.58 bits per heavy atom. The second-order valence-corrected chi connectivity index (χ2v) is 7.56. The van der Waals surface area contributed by atoms with E-state index in [1.807, 2.05) is 13.8 Å². The number of hydrogen-bond donors (Lipinski definition) is 1. The van der Waals surface area contributed by atoms with Gasteiger partial charge in [-0.25, -0.2) is 13.1 Å². The molecule has 1 aromatic rings. The predicted octanol–water partition coefficient (Wildman–Crippen LogP) is 2.11. The van der Waals surface area contributed by atoms with E-state index in [0.717, 1.165) is 9.99 Å². The molecule has 2 rings (SSSR count). The summed E-state index contributed by atoms with van der Waals surface area (Å²) < 4.78 is 33.8. The molecule has 0 aromatic heterocycles. The fourth-order valence-corrected chi connectivity index (χ4v) is 4.32. The van der Waals surface area contributed by atoms with Crippen molar-refractivity contribution in [2.24, 2.45) is 5.92 Å². The van der Waals surface area contributed by atoms with Crippen LogP contribution in [0, 0.1) is 12.8 Å². The lowest BCUT2D eigenvalue weighted by atomic mass is 10.0. The Morgan fingerprint density at radius 1 is 1.37 bits per heavy atom. The molecule has 0 unspecified atom stereocenters. The maximum absolute atomic E-state index is 12.3. The van der Waals surface area contributed by atoms with Crippen LogP contribution < -0.4 is 4.72 Å². The first kappa shape index (κ1) is 15.2. The summed E-state index contributed by atoms with van der Waals surface area (Å²) in [5.41, 5.74) is 1.04. The van der Waals surface area contributed by atoms with Gasteiger partial charge in [-0.3, -0.25) is 0 Å². The standard InChI is InChI=1S/C13H18INO3S/c1-9-3-5-11(6-4-9)19(16,17)15-13-10(2)8-18-12(13)7-14/h3-6,10,12-13,15H,7-8H2,1-2H3/t10-,12+,13+/m1/s1. The number of benzene rings is 1. The van der Waals surface area contributed by atoms with E-state index < -0.39 is 10.0 Å². The van der Waals surface area contributed by atoms with Gasteiger partial charge in [-0.2, -0.15) is 0 Å². The van der Waals surface area contributed by atoms with E-state index in [1.165, 1.54) is 0 Å². The molecular formula is C13H18INO3S. The number of sulfonamides is 1. The molecule has 4 nitrogen and oxygen atoms in total. The van der Waals surface area contributed by atoms with Crippen LogP contribution in [0.3, 0.4) is 0 Å². The van der Waals surface area contributed by atoms with Crippen molar-refractivity contribution in [1.82, 2.24) is 4.72 Å². The van der Waals surface area contributed by atoms with Gasteiger partial charge in [0.1, 0.15) is 0 Å². The Morgan fingerprint density at radius 2 is 2.00 bits per heavy atom. The van der Waals surface area contributed by atoms with Gasteiger partial charge in [-0.05, 0) is 25.0 Å². The van der Waals surface area contributed by atoms with Crippen LogP contribution in [-0.4, -0.2) is 31.6 Å². The number of nitrogens with one attached hydrogen (secondary N) is 1. The van der Waals surface area contributed by atoms with Crippen molar-refractivity contribution in [2.75, 3.05) is 11.0 Å². The van der Waals surface area contributed by atoms with Gasteiger partial charge >= 0.3 is 0 Å². The molecule has 0 amide bonds. The first-order chi connectivity index (χ1) is 8.94. The maximum Gasteiger partial charge on any atom is 0.240 e. The number of alkyl halides is 1. The minimum absolute atomic E-state index is 0.0455. The summed E-state index contributed by atoms with van der Waals surface area (Å²) >= 11 is 2.23. The normalized spacial score (nSPS) is 27.6. The quantitative estimate of drug-likeness (QED) is 0.628. The van der Waals surface area contributed by atoms with Gasteiger partial charge in [0.25, 0.3) is 0 Å². The average Bonchev–Trinajstić information content (AvgIpc) is 2.70. The van der Waals surface area contributed by atoms with Crippen LogP contribution >= 0.6 is 22.6 Å². The molecule has 0 aliphatic carbocycles.